The Morgan fingerprint density at radius 3 is 2.55 bits per heavy atom. The molecule has 0 aliphatic heterocycles. The van der Waals surface area contributed by atoms with Crippen molar-refractivity contribution in [3.63, 3.8) is 0 Å². The number of urea groups is 1. The Bertz CT molecular complexity index is 480. The van der Waals surface area contributed by atoms with E-state index in [4.69, 9.17) is 10.2 Å². The molecule has 2 amide bonds. The number of aromatic nitrogens is 3. The number of rotatable bonds is 7. The lowest BCUT2D eigenvalue weighted by molar-refractivity contribution is -0.140. The van der Waals surface area contributed by atoms with E-state index < -0.39 is 24.0 Å². The van der Waals surface area contributed by atoms with Gasteiger partial charge < -0.3 is 15.5 Å². The van der Waals surface area contributed by atoms with E-state index in [9.17, 15) is 14.4 Å². The number of anilines is 1. The molecule has 1 aromatic rings. The van der Waals surface area contributed by atoms with Crippen molar-refractivity contribution >= 4 is 23.9 Å². The first-order chi connectivity index (χ1) is 9.49. The molecule has 108 valence electrons. The Morgan fingerprint density at radius 1 is 1.25 bits per heavy atom. The maximum absolute atomic E-state index is 11.5. The first kappa shape index (κ1) is 15.3. The number of aliphatic carboxylic acids is 2. The molecule has 0 saturated carbocycles. The molecule has 10 nitrogen and oxygen atoms in total. The Labute approximate surface area is 113 Å². The summed E-state index contributed by atoms with van der Waals surface area (Å²) in [4.78, 5) is 36.5. The number of carboxylic acid groups (broad SMARTS) is 2. The van der Waals surface area contributed by atoms with Crippen LogP contribution in [0.4, 0.5) is 10.7 Å². The van der Waals surface area contributed by atoms with Gasteiger partial charge in [-0.25, -0.2) is 14.6 Å². The van der Waals surface area contributed by atoms with E-state index in [1.807, 2.05) is 0 Å². The molecule has 0 fully saturated rings. The zero-order valence-electron chi connectivity index (χ0n) is 10.3. The van der Waals surface area contributed by atoms with E-state index in [0.717, 1.165) is 0 Å². The summed E-state index contributed by atoms with van der Waals surface area (Å²) in [6, 6.07) is -1.99. The molecule has 1 atom stereocenters. The van der Waals surface area contributed by atoms with E-state index in [-0.39, 0.29) is 25.2 Å². The second-order valence-corrected chi connectivity index (χ2v) is 3.74. The SMILES string of the molecule is O=C(O)CCC[C@@H](NC(=O)Nc1nccnn1)C(=O)O. The fourth-order valence-corrected chi connectivity index (χ4v) is 1.32. The number of hydrogen-bond acceptors (Lipinski definition) is 6. The van der Waals surface area contributed by atoms with E-state index >= 15 is 0 Å². The Kier molecular flexibility index (Phi) is 5.81. The molecule has 0 unspecified atom stereocenters. The molecular weight excluding hydrogens is 270 g/mol. The molecular formula is C10H13N5O5. The second kappa shape index (κ2) is 7.61. The van der Waals surface area contributed by atoms with Crippen molar-refractivity contribution in [2.45, 2.75) is 25.3 Å². The third kappa shape index (κ3) is 5.71. The van der Waals surface area contributed by atoms with Crippen molar-refractivity contribution in [3.8, 4) is 0 Å². The highest BCUT2D eigenvalue weighted by atomic mass is 16.4. The highest BCUT2D eigenvalue weighted by Gasteiger charge is 2.20. The van der Waals surface area contributed by atoms with E-state index in [0.29, 0.717) is 0 Å². The average Bonchev–Trinajstić information content (AvgIpc) is 2.38. The Hall–Kier alpha value is -2.78. The van der Waals surface area contributed by atoms with Crippen molar-refractivity contribution in [2.24, 2.45) is 0 Å². The van der Waals surface area contributed by atoms with Gasteiger partial charge in [-0.05, 0) is 12.8 Å². The van der Waals surface area contributed by atoms with Gasteiger partial charge in [0.2, 0.25) is 0 Å². The van der Waals surface area contributed by atoms with Crippen molar-refractivity contribution < 1.29 is 24.6 Å². The van der Waals surface area contributed by atoms with Crippen molar-refractivity contribution in [1.82, 2.24) is 20.5 Å². The minimum atomic E-state index is -1.25. The molecule has 0 aliphatic carbocycles. The van der Waals surface area contributed by atoms with Crippen LogP contribution >= 0.6 is 0 Å². The summed E-state index contributed by atoms with van der Waals surface area (Å²) in [5.41, 5.74) is 0. The summed E-state index contributed by atoms with van der Waals surface area (Å²) in [6.07, 6.45) is 2.59. The Morgan fingerprint density at radius 2 is 2.00 bits per heavy atom. The fourth-order valence-electron chi connectivity index (χ4n) is 1.32. The van der Waals surface area contributed by atoms with Crippen LogP contribution < -0.4 is 10.6 Å². The Balaban J connectivity index is 2.46. The second-order valence-electron chi connectivity index (χ2n) is 3.74. The molecule has 4 N–H and O–H groups in total. The van der Waals surface area contributed by atoms with Gasteiger partial charge in [-0.3, -0.25) is 10.1 Å². The molecule has 0 saturated heterocycles. The molecule has 1 rings (SSSR count). The first-order valence-corrected chi connectivity index (χ1v) is 5.65. The zero-order chi connectivity index (χ0) is 15.0. The summed E-state index contributed by atoms with van der Waals surface area (Å²) in [5.74, 6) is -2.35. The van der Waals surface area contributed by atoms with Gasteiger partial charge in [0, 0.05) is 6.42 Å². The maximum Gasteiger partial charge on any atom is 0.326 e. The van der Waals surface area contributed by atoms with E-state index in [1.165, 1.54) is 12.4 Å². The molecule has 0 bridgehead atoms. The van der Waals surface area contributed by atoms with Crippen LogP contribution in [0.1, 0.15) is 19.3 Å². The van der Waals surface area contributed by atoms with Gasteiger partial charge >= 0.3 is 18.0 Å². The smallest absolute Gasteiger partial charge is 0.326 e. The minimum Gasteiger partial charge on any atom is -0.481 e. The van der Waals surface area contributed by atoms with Crippen LogP contribution in [0.3, 0.4) is 0 Å². The monoisotopic (exact) mass is 283 g/mol. The average molecular weight is 283 g/mol. The minimum absolute atomic E-state index is 0.00293. The van der Waals surface area contributed by atoms with Crippen molar-refractivity contribution in [1.29, 1.82) is 0 Å². The molecule has 20 heavy (non-hydrogen) atoms. The molecule has 0 spiro atoms. The van der Waals surface area contributed by atoms with Gasteiger partial charge in [-0.15, -0.1) is 5.10 Å². The molecule has 1 heterocycles. The van der Waals surface area contributed by atoms with Gasteiger partial charge in [-0.2, -0.15) is 5.10 Å². The van der Waals surface area contributed by atoms with E-state index in [2.05, 4.69) is 25.8 Å². The number of nitrogens with zero attached hydrogens (tertiary/aromatic N) is 3. The lowest BCUT2D eigenvalue weighted by atomic mass is 10.1. The van der Waals surface area contributed by atoms with Gasteiger partial charge in [0.15, 0.2) is 0 Å². The summed E-state index contributed by atoms with van der Waals surface area (Å²) in [5, 5.41) is 28.8. The van der Waals surface area contributed by atoms with Crippen molar-refractivity contribution in [2.75, 3.05) is 5.32 Å². The van der Waals surface area contributed by atoms with Crippen LogP contribution in [-0.4, -0.2) is 49.4 Å². The normalized spacial score (nSPS) is 11.4. The van der Waals surface area contributed by atoms with Crippen LogP contribution in [0.5, 0.6) is 0 Å². The summed E-state index contributed by atoms with van der Waals surface area (Å²) >= 11 is 0. The zero-order valence-corrected chi connectivity index (χ0v) is 10.3. The topological polar surface area (TPSA) is 154 Å². The predicted octanol–water partition coefficient (Wildman–Crippen LogP) is -0.299. The van der Waals surface area contributed by atoms with Crippen LogP contribution in [0, 0.1) is 0 Å². The molecule has 0 radical (unpaired) electrons. The highest BCUT2D eigenvalue weighted by molar-refractivity contribution is 5.90. The maximum atomic E-state index is 11.5. The lowest BCUT2D eigenvalue weighted by Crippen LogP contribution is -2.43. The van der Waals surface area contributed by atoms with Crippen LogP contribution in [-0.2, 0) is 9.59 Å². The number of carbonyl (C=O) groups excluding carboxylic acids is 1. The van der Waals surface area contributed by atoms with Crippen LogP contribution in [0.2, 0.25) is 0 Å². The number of hydrogen-bond donors (Lipinski definition) is 4. The number of carboxylic acids is 2. The van der Waals surface area contributed by atoms with Gasteiger partial charge in [0.25, 0.3) is 5.95 Å². The molecule has 0 aliphatic rings. The number of amides is 2. The highest BCUT2D eigenvalue weighted by Crippen LogP contribution is 2.02. The van der Waals surface area contributed by atoms with Gasteiger partial charge in [-0.1, -0.05) is 0 Å². The first-order valence-electron chi connectivity index (χ1n) is 5.65. The third-order valence-corrected chi connectivity index (χ3v) is 2.19. The lowest BCUT2D eigenvalue weighted by Gasteiger charge is -2.13. The summed E-state index contributed by atoms with van der Waals surface area (Å²) in [6.45, 7) is 0. The van der Waals surface area contributed by atoms with Gasteiger partial charge in [0.1, 0.15) is 6.04 Å². The third-order valence-electron chi connectivity index (χ3n) is 2.19. The summed E-state index contributed by atoms with van der Waals surface area (Å²) in [7, 11) is 0. The molecule has 0 aromatic carbocycles. The molecule has 10 heteroatoms. The van der Waals surface area contributed by atoms with Gasteiger partial charge in [0.05, 0.1) is 12.4 Å². The number of carbonyl (C=O) groups is 3. The quantitative estimate of drug-likeness (QED) is 0.531. The van der Waals surface area contributed by atoms with E-state index in [1.54, 1.807) is 0 Å². The molecule has 1 aromatic heterocycles. The number of nitrogens with one attached hydrogen (secondary N) is 2. The standard InChI is InChI=1S/C10H13N5O5/c16-7(17)3-1-2-6(8(18)19)13-10(20)14-9-11-4-5-12-15-9/h4-6H,1-3H2,(H,16,17)(H,18,19)(H2,11,13,14,15,20)/t6-/m1/s1. The van der Waals surface area contributed by atoms with Crippen molar-refractivity contribution in [3.05, 3.63) is 12.4 Å². The predicted molar refractivity (Wildman–Crippen MR) is 64.9 cm³/mol. The van der Waals surface area contributed by atoms with Crippen LogP contribution in [0.15, 0.2) is 12.4 Å². The summed E-state index contributed by atoms with van der Waals surface area (Å²) < 4.78 is 0. The fraction of sp³-hybridized carbons (Fsp3) is 0.400. The largest absolute Gasteiger partial charge is 0.481 e. The van der Waals surface area contributed by atoms with Crippen LogP contribution in [0.25, 0.3) is 0 Å².